The molecule has 0 bridgehead atoms. The van der Waals surface area contributed by atoms with Crippen LogP contribution in [-0.4, -0.2) is 60.1 Å². The van der Waals surface area contributed by atoms with E-state index in [1.165, 1.54) is 4.68 Å². The lowest BCUT2D eigenvalue weighted by Crippen LogP contribution is -2.58. The molecule has 116 valence electrons. The largest absolute Gasteiger partial charge is 0.394 e. The summed E-state index contributed by atoms with van der Waals surface area (Å²) in [5.74, 6) is -0.117. The van der Waals surface area contributed by atoms with Crippen molar-refractivity contribution in [2.45, 2.75) is 12.6 Å². The molecule has 1 aromatic rings. The van der Waals surface area contributed by atoms with Gasteiger partial charge in [0.25, 0.3) is 5.56 Å². The first-order valence-corrected chi connectivity index (χ1v) is 7.45. The monoisotopic (exact) mass is 359 g/mol. The Balaban J connectivity index is 2.37. The third kappa shape index (κ3) is 3.25. The lowest BCUT2D eigenvalue weighted by Gasteiger charge is -2.36. The molecule has 1 amide bonds. The zero-order valence-electron chi connectivity index (χ0n) is 11.7. The molecule has 0 spiro atoms. The van der Waals surface area contributed by atoms with Crippen molar-refractivity contribution in [2.75, 3.05) is 38.2 Å². The fourth-order valence-electron chi connectivity index (χ4n) is 2.30. The topological polar surface area (TPSA) is 99.5 Å². The molecule has 3 N–H and O–H groups in total. The lowest BCUT2D eigenvalue weighted by atomic mass is 10.1. The summed E-state index contributed by atoms with van der Waals surface area (Å²) in [6.07, 6.45) is 1.54. The molecule has 1 fully saturated rings. The van der Waals surface area contributed by atoms with E-state index in [1.54, 1.807) is 13.2 Å². The van der Waals surface area contributed by atoms with Crippen molar-refractivity contribution in [3.05, 3.63) is 21.0 Å². The van der Waals surface area contributed by atoms with Gasteiger partial charge in [-0.3, -0.25) is 9.59 Å². The fourth-order valence-corrected chi connectivity index (χ4v) is 2.84. The Bertz CT molecular complexity index is 577. The van der Waals surface area contributed by atoms with Crippen LogP contribution in [0.1, 0.15) is 0 Å². The molecule has 1 aromatic heterocycles. The van der Waals surface area contributed by atoms with E-state index in [1.807, 2.05) is 4.90 Å². The van der Waals surface area contributed by atoms with Crippen molar-refractivity contribution in [3.8, 4) is 0 Å². The van der Waals surface area contributed by atoms with Crippen LogP contribution < -0.4 is 21.1 Å². The second kappa shape index (κ2) is 7.01. The average molecular weight is 360 g/mol. The number of piperazine rings is 1. The highest BCUT2D eigenvalue weighted by Gasteiger charge is 2.30. The first-order chi connectivity index (χ1) is 10.1. The molecular formula is C12H18BrN5O3. The Morgan fingerprint density at radius 2 is 2.43 bits per heavy atom. The molecule has 0 aliphatic carbocycles. The van der Waals surface area contributed by atoms with E-state index >= 15 is 0 Å². The van der Waals surface area contributed by atoms with Crippen molar-refractivity contribution in [1.82, 2.24) is 20.4 Å². The molecule has 1 aliphatic rings. The predicted octanol–water partition coefficient (Wildman–Crippen LogP) is -1.48. The van der Waals surface area contributed by atoms with Gasteiger partial charge in [-0.15, -0.1) is 0 Å². The van der Waals surface area contributed by atoms with Gasteiger partial charge in [0.1, 0.15) is 10.5 Å². The van der Waals surface area contributed by atoms with Crippen LogP contribution in [0.15, 0.2) is 15.5 Å². The van der Waals surface area contributed by atoms with E-state index in [4.69, 9.17) is 5.11 Å². The smallest absolute Gasteiger partial charge is 0.283 e. The average Bonchev–Trinajstić information content (AvgIpc) is 2.51. The number of nitrogens with zero attached hydrogens (tertiary/aromatic N) is 3. The van der Waals surface area contributed by atoms with Gasteiger partial charge in [0.2, 0.25) is 5.91 Å². The summed E-state index contributed by atoms with van der Waals surface area (Å²) >= 11 is 3.29. The SMILES string of the molecule is CNC(=O)C1CNCCN1c1cnn(CCO)c(=O)c1Br. The fraction of sp³-hybridized carbons (Fsp3) is 0.583. The number of rotatable bonds is 4. The van der Waals surface area contributed by atoms with Gasteiger partial charge in [-0.25, -0.2) is 4.68 Å². The third-order valence-electron chi connectivity index (χ3n) is 3.38. The lowest BCUT2D eigenvalue weighted by molar-refractivity contribution is -0.122. The first-order valence-electron chi connectivity index (χ1n) is 6.65. The number of carbonyl (C=O) groups excluding carboxylic acids is 1. The molecule has 0 aromatic carbocycles. The van der Waals surface area contributed by atoms with Crippen LogP contribution in [0.4, 0.5) is 5.69 Å². The second-order valence-corrected chi connectivity index (χ2v) is 5.42. The Morgan fingerprint density at radius 3 is 3.10 bits per heavy atom. The minimum absolute atomic E-state index is 0.117. The van der Waals surface area contributed by atoms with E-state index in [-0.39, 0.29) is 24.6 Å². The van der Waals surface area contributed by atoms with Crippen LogP contribution >= 0.6 is 15.9 Å². The number of aliphatic hydroxyl groups excluding tert-OH is 1. The number of nitrogens with one attached hydrogen (secondary N) is 2. The van der Waals surface area contributed by atoms with Crippen LogP contribution in [0.25, 0.3) is 0 Å². The summed E-state index contributed by atoms with van der Waals surface area (Å²) in [5.41, 5.74) is 0.264. The van der Waals surface area contributed by atoms with Crippen LogP contribution in [0.2, 0.25) is 0 Å². The van der Waals surface area contributed by atoms with Crippen LogP contribution in [0, 0.1) is 0 Å². The third-order valence-corrected chi connectivity index (χ3v) is 4.13. The maximum Gasteiger partial charge on any atom is 0.283 e. The highest BCUT2D eigenvalue weighted by molar-refractivity contribution is 9.10. The van der Waals surface area contributed by atoms with Gasteiger partial charge < -0.3 is 20.6 Å². The van der Waals surface area contributed by atoms with Gasteiger partial charge in [-0.2, -0.15) is 5.10 Å². The first kappa shape index (κ1) is 15.9. The standard InChI is InChI=1S/C12H18BrN5O3/c1-14-11(20)9-6-15-2-3-17(9)8-7-16-18(4-5-19)12(21)10(8)13/h7,9,15,19H,2-6H2,1H3,(H,14,20). The summed E-state index contributed by atoms with van der Waals surface area (Å²) < 4.78 is 1.53. The quantitative estimate of drug-likeness (QED) is 0.606. The number of aliphatic hydroxyl groups is 1. The molecule has 1 unspecified atom stereocenters. The molecule has 0 saturated carbocycles. The number of halogens is 1. The van der Waals surface area contributed by atoms with Crippen LogP contribution in [0.3, 0.4) is 0 Å². The molecule has 8 nitrogen and oxygen atoms in total. The van der Waals surface area contributed by atoms with Crippen molar-refractivity contribution in [1.29, 1.82) is 0 Å². The van der Waals surface area contributed by atoms with E-state index in [9.17, 15) is 9.59 Å². The summed E-state index contributed by atoms with van der Waals surface area (Å²) in [7, 11) is 1.58. The van der Waals surface area contributed by atoms with Gasteiger partial charge >= 0.3 is 0 Å². The van der Waals surface area contributed by atoms with Gasteiger partial charge in [-0.05, 0) is 15.9 Å². The number of hydrogen-bond donors (Lipinski definition) is 3. The zero-order valence-corrected chi connectivity index (χ0v) is 13.3. The minimum Gasteiger partial charge on any atom is -0.394 e. The molecule has 1 aliphatic heterocycles. The second-order valence-electron chi connectivity index (χ2n) is 4.62. The van der Waals surface area contributed by atoms with Crippen molar-refractivity contribution in [2.24, 2.45) is 0 Å². The van der Waals surface area contributed by atoms with Gasteiger partial charge in [0.05, 0.1) is 25.0 Å². The minimum atomic E-state index is -0.394. The zero-order chi connectivity index (χ0) is 15.4. The van der Waals surface area contributed by atoms with Crippen LogP contribution in [0.5, 0.6) is 0 Å². The Kier molecular flexibility index (Phi) is 5.32. The van der Waals surface area contributed by atoms with Gasteiger partial charge in [0, 0.05) is 26.7 Å². The van der Waals surface area contributed by atoms with Gasteiger partial charge in [-0.1, -0.05) is 0 Å². The molecule has 9 heteroatoms. The molecular weight excluding hydrogens is 342 g/mol. The summed E-state index contributed by atoms with van der Waals surface area (Å²) in [6.45, 7) is 1.80. The van der Waals surface area contributed by atoms with Gasteiger partial charge in [0.15, 0.2) is 0 Å². The number of hydrogen-bond acceptors (Lipinski definition) is 6. The summed E-state index contributed by atoms with van der Waals surface area (Å²) in [6, 6.07) is -0.394. The summed E-state index contributed by atoms with van der Waals surface area (Å²) in [5, 5.41) is 18.7. The Hall–Kier alpha value is -1.45. The normalized spacial score (nSPS) is 18.6. The Morgan fingerprint density at radius 1 is 1.67 bits per heavy atom. The number of anilines is 1. The molecule has 0 radical (unpaired) electrons. The van der Waals surface area contributed by atoms with E-state index < -0.39 is 6.04 Å². The number of amides is 1. The number of carbonyl (C=O) groups is 1. The van der Waals surface area contributed by atoms with Crippen LogP contribution in [-0.2, 0) is 11.3 Å². The highest BCUT2D eigenvalue weighted by atomic mass is 79.9. The highest BCUT2D eigenvalue weighted by Crippen LogP contribution is 2.24. The van der Waals surface area contributed by atoms with E-state index in [0.29, 0.717) is 23.2 Å². The summed E-state index contributed by atoms with van der Waals surface area (Å²) in [4.78, 5) is 26.0. The molecule has 1 saturated heterocycles. The number of aromatic nitrogens is 2. The number of likely N-dealkylation sites (N-methyl/N-ethyl adjacent to an activating group) is 1. The van der Waals surface area contributed by atoms with Crippen molar-refractivity contribution < 1.29 is 9.90 Å². The maximum absolute atomic E-state index is 12.2. The Labute approximate surface area is 130 Å². The van der Waals surface area contributed by atoms with E-state index in [0.717, 1.165) is 6.54 Å². The molecule has 2 rings (SSSR count). The van der Waals surface area contributed by atoms with Crippen molar-refractivity contribution in [3.63, 3.8) is 0 Å². The molecule has 1 atom stereocenters. The molecule has 2 heterocycles. The predicted molar refractivity (Wildman–Crippen MR) is 81.4 cm³/mol. The van der Waals surface area contributed by atoms with Crippen molar-refractivity contribution >= 4 is 27.5 Å². The maximum atomic E-state index is 12.2. The van der Waals surface area contributed by atoms with E-state index in [2.05, 4.69) is 31.7 Å². The molecule has 21 heavy (non-hydrogen) atoms.